The summed E-state index contributed by atoms with van der Waals surface area (Å²) in [5, 5.41) is 0. The van der Waals surface area contributed by atoms with Crippen LogP contribution in [0.1, 0.15) is 57.9 Å². The second-order valence-electron chi connectivity index (χ2n) is 9.34. The van der Waals surface area contributed by atoms with Crippen molar-refractivity contribution in [3.8, 4) is 0 Å². The average molecular weight is 486 g/mol. The lowest BCUT2D eigenvalue weighted by Gasteiger charge is -2.34. The van der Waals surface area contributed by atoms with Crippen LogP contribution in [-0.4, -0.2) is 69.9 Å². The van der Waals surface area contributed by atoms with Crippen molar-refractivity contribution in [3.05, 3.63) is 29.8 Å². The molecule has 32 heavy (non-hydrogen) atoms. The second-order valence-corrected chi connectivity index (χ2v) is 13.0. The Morgan fingerprint density at radius 1 is 0.969 bits per heavy atom. The zero-order valence-corrected chi connectivity index (χ0v) is 20.8. The van der Waals surface area contributed by atoms with E-state index in [9.17, 15) is 21.6 Å². The van der Waals surface area contributed by atoms with E-state index < -0.39 is 31.7 Å². The number of rotatable bonds is 7. The maximum atomic E-state index is 12.9. The van der Waals surface area contributed by atoms with E-state index in [1.165, 1.54) is 9.21 Å². The Hall–Kier alpha value is -1.49. The molecule has 1 saturated carbocycles. The highest BCUT2D eigenvalue weighted by molar-refractivity contribution is 7.90. The largest absolute Gasteiger partial charge is 0.339 e. The van der Waals surface area contributed by atoms with Crippen molar-refractivity contribution in [1.29, 1.82) is 0 Å². The molecule has 0 bridgehead atoms. The molecule has 0 atom stereocenters. The van der Waals surface area contributed by atoms with E-state index in [2.05, 4.69) is 11.6 Å². The fraction of sp³-hybridized carbons (Fsp3) is 0.682. The Kier molecular flexibility index (Phi) is 8.01. The summed E-state index contributed by atoms with van der Waals surface area (Å²) >= 11 is 0. The van der Waals surface area contributed by atoms with Gasteiger partial charge in [0, 0.05) is 32.2 Å². The van der Waals surface area contributed by atoms with Crippen LogP contribution in [0, 0.1) is 5.92 Å². The Morgan fingerprint density at radius 3 is 2.06 bits per heavy atom. The third-order valence-electron chi connectivity index (χ3n) is 6.45. The van der Waals surface area contributed by atoms with Crippen LogP contribution in [0.25, 0.3) is 0 Å². The minimum absolute atomic E-state index is 0.104. The van der Waals surface area contributed by atoms with Gasteiger partial charge in [0.25, 0.3) is 0 Å². The first-order chi connectivity index (χ1) is 15.0. The molecule has 1 aromatic carbocycles. The minimum Gasteiger partial charge on any atom is -0.339 e. The molecule has 8 nitrogen and oxygen atoms in total. The smallest absolute Gasteiger partial charge is 0.243 e. The first kappa shape index (κ1) is 25.1. The second kappa shape index (κ2) is 10.2. The van der Waals surface area contributed by atoms with Crippen molar-refractivity contribution >= 4 is 26.0 Å². The summed E-state index contributed by atoms with van der Waals surface area (Å²) in [7, 11) is -7.36. The van der Waals surface area contributed by atoms with Crippen molar-refractivity contribution < 1.29 is 21.6 Å². The maximum Gasteiger partial charge on any atom is 0.243 e. The summed E-state index contributed by atoms with van der Waals surface area (Å²) in [6.45, 7) is 6.91. The zero-order chi connectivity index (χ0) is 23.5. The number of benzene rings is 1. The number of carbonyl (C=O) groups excluding carboxylic acids is 1. The van der Waals surface area contributed by atoms with E-state index >= 15 is 0 Å². The van der Waals surface area contributed by atoms with Crippen LogP contribution in [0.4, 0.5) is 0 Å². The normalized spacial score (nSPS) is 23.4. The highest BCUT2D eigenvalue weighted by atomic mass is 32.2. The molecule has 1 aliphatic carbocycles. The van der Waals surface area contributed by atoms with Crippen LogP contribution >= 0.6 is 0 Å². The minimum atomic E-state index is -3.72. The third-order valence-corrected chi connectivity index (χ3v) is 9.68. The van der Waals surface area contributed by atoms with Gasteiger partial charge < -0.3 is 4.90 Å². The Labute approximate surface area is 192 Å². The molecule has 1 aromatic rings. The van der Waals surface area contributed by atoms with Crippen LogP contribution in [0.3, 0.4) is 0 Å². The average Bonchev–Trinajstić information content (AvgIpc) is 2.75. The van der Waals surface area contributed by atoms with Crippen molar-refractivity contribution in [2.45, 2.75) is 63.3 Å². The summed E-state index contributed by atoms with van der Waals surface area (Å²) in [5.74, 6) is -0.158. The molecule has 0 spiro atoms. The molecule has 1 amide bonds. The van der Waals surface area contributed by atoms with Crippen LogP contribution in [-0.2, 0) is 24.8 Å². The molecule has 180 valence electrons. The van der Waals surface area contributed by atoms with Crippen LogP contribution in [0.2, 0.25) is 0 Å². The van der Waals surface area contributed by atoms with Gasteiger partial charge in [-0.25, -0.2) is 21.6 Å². The van der Waals surface area contributed by atoms with E-state index in [-0.39, 0.29) is 37.1 Å². The van der Waals surface area contributed by atoms with Gasteiger partial charge in [-0.3, -0.25) is 4.79 Å². The van der Waals surface area contributed by atoms with Gasteiger partial charge in [-0.15, -0.1) is 0 Å². The highest BCUT2D eigenvalue weighted by Crippen LogP contribution is 2.24. The number of piperazine rings is 1. The standard InChI is InChI=1S/C22H35N3O5S2/c1-17(2)19-6-10-21(11-7-19)32(29,30)25-14-12-24(13-15-25)22(26)16-31(27,28)23-20-8-4-18(3)5-9-20/h6-7,10-11,17-18,20,23H,4-5,8-9,12-16H2,1-3H3. The number of nitrogens with one attached hydrogen (secondary N) is 1. The molecule has 0 aromatic heterocycles. The number of nitrogens with zero attached hydrogens (tertiary/aromatic N) is 2. The molecule has 3 rings (SSSR count). The number of carbonyl (C=O) groups is 1. The Balaban J connectivity index is 1.53. The lowest BCUT2D eigenvalue weighted by molar-refractivity contribution is -0.129. The summed E-state index contributed by atoms with van der Waals surface area (Å²) in [6.07, 6.45) is 3.56. The van der Waals surface area contributed by atoms with Gasteiger partial charge in [0.1, 0.15) is 5.75 Å². The van der Waals surface area contributed by atoms with Gasteiger partial charge in [0.2, 0.25) is 26.0 Å². The van der Waals surface area contributed by atoms with E-state index in [1.54, 1.807) is 12.1 Å². The van der Waals surface area contributed by atoms with Crippen LogP contribution < -0.4 is 4.72 Å². The topological polar surface area (TPSA) is 104 Å². The Bertz CT molecular complexity index is 991. The number of hydrogen-bond acceptors (Lipinski definition) is 5. The number of sulfonamides is 2. The molecule has 0 unspecified atom stereocenters. The molecular weight excluding hydrogens is 450 g/mol. The lowest BCUT2D eigenvalue weighted by Crippen LogP contribution is -2.52. The summed E-state index contributed by atoms with van der Waals surface area (Å²) in [6, 6.07) is 6.77. The monoisotopic (exact) mass is 485 g/mol. The fourth-order valence-corrected chi connectivity index (χ4v) is 7.04. The van der Waals surface area contributed by atoms with Gasteiger partial charge in [-0.1, -0.05) is 32.9 Å². The zero-order valence-electron chi connectivity index (χ0n) is 19.2. The number of amides is 1. The summed E-state index contributed by atoms with van der Waals surface area (Å²) in [4.78, 5) is 14.2. The van der Waals surface area contributed by atoms with E-state index in [0.717, 1.165) is 31.2 Å². The first-order valence-electron chi connectivity index (χ1n) is 11.4. The molecule has 0 radical (unpaired) electrons. The van der Waals surface area contributed by atoms with Gasteiger partial charge in [-0.05, 0) is 55.2 Å². The summed E-state index contributed by atoms with van der Waals surface area (Å²) < 4.78 is 54.8. The van der Waals surface area contributed by atoms with Crippen molar-refractivity contribution in [2.75, 3.05) is 31.9 Å². The predicted octanol–water partition coefficient (Wildman–Crippen LogP) is 2.14. The molecule has 2 aliphatic rings. The maximum absolute atomic E-state index is 12.9. The van der Waals surface area contributed by atoms with Gasteiger partial charge >= 0.3 is 0 Å². The fourth-order valence-electron chi connectivity index (χ4n) is 4.28. The van der Waals surface area contributed by atoms with Gasteiger partial charge in [0.05, 0.1) is 4.90 Å². The van der Waals surface area contributed by atoms with Crippen LogP contribution in [0.15, 0.2) is 29.2 Å². The Morgan fingerprint density at radius 2 is 1.53 bits per heavy atom. The third kappa shape index (κ3) is 6.30. The lowest BCUT2D eigenvalue weighted by atomic mass is 9.88. The van der Waals surface area contributed by atoms with E-state index in [4.69, 9.17) is 0 Å². The van der Waals surface area contributed by atoms with Crippen LogP contribution in [0.5, 0.6) is 0 Å². The van der Waals surface area contributed by atoms with E-state index in [1.807, 2.05) is 26.0 Å². The van der Waals surface area contributed by atoms with Crippen molar-refractivity contribution in [1.82, 2.24) is 13.9 Å². The quantitative estimate of drug-likeness (QED) is 0.637. The van der Waals surface area contributed by atoms with Crippen molar-refractivity contribution in [3.63, 3.8) is 0 Å². The molecule has 1 N–H and O–H groups in total. The molecule has 1 saturated heterocycles. The molecule has 10 heteroatoms. The van der Waals surface area contributed by atoms with Gasteiger partial charge in [0.15, 0.2) is 0 Å². The van der Waals surface area contributed by atoms with E-state index in [0.29, 0.717) is 11.8 Å². The predicted molar refractivity (Wildman–Crippen MR) is 124 cm³/mol. The number of hydrogen-bond donors (Lipinski definition) is 1. The molecule has 1 aliphatic heterocycles. The highest BCUT2D eigenvalue weighted by Gasteiger charge is 2.32. The SMILES string of the molecule is CC1CCC(NS(=O)(=O)CC(=O)N2CCN(S(=O)(=O)c3ccc(C(C)C)cc3)CC2)CC1. The molecular formula is C22H35N3O5S2. The van der Waals surface area contributed by atoms with Gasteiger partial charge in [-0.2, -0.15) is 4.31 Å². The van der Waals surface area contributed by atoms with Crippen molar-refractivity contribution in [2.24, 2.45) is 5.92 Å². The molecule has 2 fully saturated rings. The first-order valence-corrected chi connectivity index (χ1v) is 14.4. The molecule has 1 heterocycles. The summed E-state index contributed by atoms with van der Waals surface area (Å²) in [5.41, 5.74) is 1.07.